The zero-order valence-corrected chi connectivity index (χ0v) is 19.6. The van der Waals surface area contributed by atoms with Gasteiger partial charge in [-0.2, -0.15) is 0 Å². The zero-order valence-electron chi connectivity index (χ0n) is 17.4. The molecule has 2 aromatic carbocycles. The Kier molecular flexibility index (Phi) is 7.29. The first-order valence-corrected chi connectivity index (χ1v) is 10.8. The fourth-order valence-electron chi connectivity index (χ4n) is 3.69. The van der Waals surface area contributed by atoms with Crippen molar-refractivity contribution in [2.24, 2.45) is 5.92 Å². The average molecular weight is 552 g/mol. The van der Waals surface area contributed by atoms with E-state index in [1.165, 1.54) is 23.9 Å². The molecule has 0 spiro atoms. The minimum Gasteiger partial charge on any atom is -0.496 e. The van der Waals surface area contributed by atoms with E-state index >= 15 is 0 Å². The molecule has 3 aromatic rings. The van der Waals surface area contributed by atoms with E-state index < -0.39 is 28.9 Å². The predicted molar refractivity (Wildman–Crippen MR) is 128 cm³/mol. The molecule has 0 saturated heterocycles. The molecule has 0 aliphatic rings. The quantitative estimate of drug-likeness (QED) is 0.290. The number of nitrogens with one attached hydrogen (secondary N) is 1. The van der Waals surface area contributed by atoms with Crippen LogP contribution in [0.4, 0.5) is 4.39 Å². The van der Waals surface area contributed by atoms with Crippen molar-refractivity contribution in [1.82, 2.24) is 4.57 Å². The second-order valence-corrected chi connectivity index (χ2v) is 8.59. The molecular formula is C23H22FIN2O5. The van der Waals surface area contributed by atoms with E-state index in [4.69, 9.17) is 10.1 Å². The van der Waals surface area contributed by atoms with Crippen LogP contribution in [0.3, 0.4) is 0 Å². The number of aromatic carboxylic acids is 1. The summed E-state index contributed by atoms with van der Waals surface area (Å²) in [5.41, 5.74) is 0.152. The average Bonchev–Trinajstić information content (AvgIpc) is 2.78. The van der Waals surface area contributed by atoms with Crippen molar-refractivity contribution >= 4 is 45.7 Å². The number of nitrogens with zero attached hydrogens (tertiary/aromatic N) is 1. The van der Waals surface area contributed by atoms with Gasteiger partial charge in [-0.15, -0.1) is 0 Å². The second kappa shape index (κ2) is 9.78. The third kappa shape index (κ3) is 4.40. The summed E-state index contributed by atoms with van der Waals surface area (Å²) in [4.78, 5) is 24.7. The molecule has 0 saturated carbocycles. The van der Waals surface area contributed by atoms with Gasteiger partial charge in [-0.3, -0.25) is 4.79 Å². The lowest BCUT2D eigenvalue weighted by Gasteiger charge is -2.25. The van der Waals surface area contributed by atoms with E-state index in [0.717, 1.165) is 6.21 Å². The minimum absolute atomic E-state index is 0.113. The van der Waals surface area contributed by atoms with Crippen molar-refractivity contribution in [3.8, 4) is 5.75 Å². The Morgan fingerprint density at radius 1 is 1.34 bits per heavy atom. The van der Waals surface area contributed by atoms with Crippen molar-refractivity contribution in [3.05, 3.63) is 72.8 Å². The minimum atomic E-state index is -1.40. The van der Waals surface area contributed by atoms with E-state index in [2.05, 4.69) is 0 Å². The lowest BCUT2D eigenvalue weighted by atomic mass is 9.98. The normalized spacial score (nSPS) is 13.0. The molecule has 0 aliphatic carbocycles. The Labute approximate surface area is 197 Å². The molecule has 7 nitrogen and oxygen atoms in total. The number of aromatic nitrogens is 1. The number of hydrogen-bond donors (Lipinski definition) is 3. The maximum Gasteiger partial charge on any atom is 0.341 e. The van der Waals surface area contributed by atoms with Crippen molar-refractivity contribution in [3.63, 3.8) is 0 Å². The molecule has 3 rings (SSSR count). The van der Waals surface area contributed by atoms with Gasteiger partial charge in [0.05, 0.1) is 25.3 Å². The number of benzene rings is 2. The molecule has 3 N–H and O–H groups in total. The number of carbonyl (C=O) groups is 1. The van der Waals surface area contributed by atoms with Crippen LogP contribution in [0.2, 0.25) is 0 Å². The first-order chi connectivity index (χ1) is 15.2. The number of aliphatic hydroxyl groups excluding tert-OH is 1. The number of hydrogen-bond acceptors (Lipinski definition) is 5. The largest absolute Gasteiger partial charge is 0.496 e. The Hall–Kier alpha value is -2.79. The van der Waals surface area contributed by atoms with Gasteiger partial charge in [0.25, 0.3) is 0 Å². The van der Waals surface area contributed by atoms with Gasteiger partial charge in [-0.1, -0.05) is 19.1 Å². The number of aliphatic hydroxyl groups is 1. The highest BCUT2D eigenvalue weighted by Crippen LogP contribution is 2.31. The molecule has 32 heavy (non-hydrogen) atoms. The van der Waals surface area contributed by atoms with Gasteiger partial charge in [-0.05, 0) is 45.9 Å². The van der Waals surface area contributed by atoms with Crippen LogP contribution in [-0.4, -0.2) is 40.7 Å². The summed E-state index contributed by atoms with van der Waals surface area (Å²) in [6.07, 6.45) is 2.47. The van der Waals surface area contributed by atoms with Gasteiger partial charge in [0.2, 0.25) is 5.43 Å². The maximum atomic E-state index is 14.6. The molecule has 0 aliphatic heterocycles. The van der Waals surface area contributed by atoms with E-state index in [1.54, 1.807) is 31.2 Å². The van der Waals surface area contributed by atoms with E-state index in [-0.39, 0.29) is 24.2 Å². The summed E-state index contributed by atoms with van der Waals surface area (Å²) in [5, 5.41) is 27.2. The number of ether oxygens (including phenoxy) is 1. The highest BCUT2D eigenvalue weighted by Gasteiger charge is 2.24. The maximum absolute atomic E-state index is 14.6. The number of halogens is 2. The summed E-state index contributed by atoms with van der Waals surface area (Å²) < 4.78 is 22.0. The Morgan fingerprint density at radius 3 is 2.66 bits per heavy atom. The van der Waals surface area contributed by atoms with Crippen LogP contribution in [0.25, 0.3) is 10.9 Å². The number of rotatable bonds is 8. The smallest absolute Gasteiger partial charge is 0.341 e. The highest BCUT2D eigenvalue weighted by atomic mass is 127. The summed E-state index contributed by atoms with van der Waals surface area (Å²) >= 11 is 1.90. The molecule has 1 unspecified atom stereocenters. The van der Waals surface area contributed by atoms with Crippen LogP contribution in [0.1, 0.15) is 34.5 Å². The SMILES string of the molecule is COc1cc2c(cc1Cc1cccc(I)c1F)c(=O)c(C(=O)O)cn2[C@H](CO)C(C)C=N. The van der Waals surface area contributed by atoms with Crippen molar-refractivity contribution < 1.29 is 24.1 Å². The molecule has 9 heteroatoms. The lowest BCUT2D eigenvalue weighted by molar-refractivity contribution is 0.0694. The predicted octanol–water partition coefficient (Wildman–Crippen LogP) is 3.86. The molecule has 0 fully saturated rings. The molecule has 1 aromatic heterocycles. The van der Waals surface area contributed by atoms with Crippen LogP contribution >= 0.6 is 22.6 Å². The molecular weight excluding hydrogens is 530 g/mol. The van der Waals surface area contributed by atoms with Crippen LogP contribution in [0.5, 0.6) is 5.75 Å². The van der Waals surface area contributed by atoms with E-state index in [0.29, 0.717) is 26.0 Å². The number of pyridine rings is 1. The van der Waals surface area contributed by atoms with Gasteiger partial charge in [0.15, 0.2) is 0 Å². The monoisotopic (exact) mass is 552 g/mol. The Morgan fingerprint density at radius 2 is 2.06 bits per heavy atom. The van der Waals surface area contributed by atoms with Crippen molar-refractivity contribution in [1.29, 1.82) is 5.41 Å². The zero-order chi connectivity index (χ0) is 23.6. The molecule has 0 bridgehead atoms. The lowest BCUT2D eigenvalue weighted by Crippen LogP contribution is -2.27. The van der Waals surface area contributed by atoms with Gasteiger partial charge in [0, 0.05) is 39.8 Å². The second-order valence-electron chi connectivity index (χ2n) is 7.43. The third-order valence-electron chi connectivity index (χ3n) is 5.49. The molecule has 0 radical (unpaired) electrons. The Balaban J connectivity index is 2.33. The highest BCUT2D eigenvalue weighted by molar-refractivity contribution is 14.1. The number of methoxy groups -OCH3 is 1. The number of fused-ring (bicyclic) bond motifs is 1. The van der Waals surface area contributed by atoms with Gasteiger partial charge in [0.1, 0.15) is 17.1 Å². The first-order valence-electron chi connectivity index (χ1n) is 9.76. The van der Waals surface area contributed by atoms with E-state index in [9.17, 15) is 24.2 Å². The molecule has 1 heterocycles. The third-order valence-corrected chi connectivity index (χ3v) is 6.32. The summed E-state index contributed by atoms with van der Waals surface area (Å²) in [5.74, 6) is -1.80. The van der Waals surface area contributed by atoms with Gasteiger partial charge in [-0.25, -0.2) is 9.18 Å². The van der Waals surface area contributed by atoms with Crippen LogP contribution in [0, 0.1) is 20.7 Å². The van der Waals surface area contributed by atoms with Gasteiger partial charge < -0.3 is 24.9 Å². The van der Waals surface area contributed by atoms with E-state index in [1.807, 2.05) is 22.6 Å². The Bertz CT molecular complexity index is 1260. The molecule has 0 amide bonds. The summed E-state index contributed by atoms with van der Waals surface area (Å²) in [6, 6.07) is 7.45. The summed E-state index contributed by atoms with van der Waals surface area (Å²) in [7, 11) is 1.45. The fourth-order valence-corrected chi connectivity index (χ4v) is 4.24. The fraction of sp³-hybridized carbons (Fsp3) is 0.261. The summed E-state index contributed by atoms with van der Waals surface area (Å²) in [6.45, 7) is 1.34. The van der Waals surface area contributed by atoms with Crippen LogP contribution in [0.15, 0.2) is 41.3 Å². The molecule has 168 valence electrons. The number of carboxylic acids is 1. The molecule has 2 atom stereocenters. The van der Waals surface area contributed by atoms with Crippen LogP contribution in [-0.2, 0) is 6.42 Å². The van der Waals surface area contributed by atoms with Crippen molar-refractivity contribution in [2.75, 3.05) is 13.7 Å². The number of carboxylic acid groups (broad SMARTS) is 1. The first kappa shape index (κ1) is 23.9. The van der Waals surface area contributed by atoms with Crippen LogP contribution < -0.4 is 10.2 Å². The standard InChI is InChI=1S/C23H22FIN2O5/c1-12(9-26)19(11-28)27-10-16(23(30)31)22(29)15-7-14(20(32-2)8-18(15)27)6-13-4-3-5-17(25)21(13)24/h3-5,7-10,12,19,26,28H,6,11H2,1-2H3,(H,30,31)/t12?,19-/m1/s1. The van der Waals surface area contributed by atoms with Gasteiger partial charge >= 0.3 is 5.97 Å². The van der Waals surface area contributed by atoms with Crippen molar-refractivity contribution in [2.45, 2.75) is 19.4 Å². The topological polar surface area (TPSA) is 113 Å².